The van der Waals surface area contributed by atoms with Crippen molar-refractivity contribution in [1.29, 1.82) is 0 Å². The molecule has 0 unspecified atom stereocenters. The molecule has 4 aromatic rings. The lowest BCUT2D eigenvalue weighted by atomic mass is 10.0. The highest BCUT2D eigenvalue weighted by atomic mass is 16.2. The summed E-state index contributed by atoms with van der Waals surface area (Å²) >= 11 is 0. The lowest BCUT2D eigenvalue weighted by Crippen LogP contribution is -2.32. The van der Waals surface area contributed by atoms with E-state index in [0.717, 1.165) is 34.0 Å². The van der Waals surface area contributed by atoms with E-state index in [9.17, 15) is 9.59 Å². The minimum absolute atomic E-state index is 0.428. The van der Waals surface area contributed by atoms with Crippen LogP contribution in [0.25, 0.3) is 10.9 Å². The fourth-order valence-electron chi connectivity index (χ4n) is 3.98. The van der Waals surface area contributed by atoms with Crippen molar-refractivity contribution in [2.45, 2.75) is 26.3 Å². The third-order valence-electron chi connectivity index (χ3n) is 5.55. The summed E-state index contributed by atoms with van der Waals surface area (Å²) in [7, 11) is 0. The van der Waals surface area contributed by atoms with Crippen molar-refractivity contribution in [3.05, 3.63) is 107 Å². The molecule has 1 heterocycles. The Bertz CT molecular complexity index is 1190. The number of ketones is 1. The van der Waals surface area contributed by atoms with Gasteiger partial charge < -0.3 is 9.88 Å². The number of benzene rings is 3. The molecule has 156 valence electrons. The third-order valence-corrected chi connectivity index (χ3v) is 5.55. The number of amides is 1. The molecule has 0 atom stereocenters. The van der Waals surface area contributed by atoms with Gasteiger partial charge in [-0.05, 0) is 29.5 Å². The zero-order valence-electron chi connectivity index (χ0n) is 17.7. The van der Waals surface area contributed by atoms with E-state index in [-0.39, 0.29) is 0 Å². The minimum atomic E-state index is -0.559. The average molecular weight is 411 g/mol. The Labute approximate surface area is 182 Å². The molecule has 0 aliphatic heterocycles. The molecule has 1 N–H and O–H groups in total. The van der Waals surface area contributed by atoms with Gasteiger partial charge in [0.25, 0.3) is 11.7 Å². The number of hydrogen-bond acceptors (Lipinski definition) is 2. The van der Waals surface area contributed by atoms with Gasteiger partial charge in [0.05, 0.1) is 11.1 Å². The number of aromatic nitrogens is 1. The number of carbonyl (C=O) groups is 2. The van der Waals surface area contributed by atoms with Gasteiger partial charge in [-0.1, -0.05) is 85.8 Å². The number of hydrogen-bond donors (Lipinski definition) is 1. The molecule has 0 radical (unpaired) electrons. The van der Waals surface area contributed by atoms with Crippen LogP contribution in [-0.2, 0) is 24.2 Å². The smallest absolute Gasteiger partial charge is 0.292 e. The fourth-order valence-corrected chi connectivity index (χ4v) is 3.98. The van der Waals surface area contributed by atoms with Crippen LogP contribution in [0.4, 0.5) is 0 Å². The number of Topliss-reactive ketones (excluding diaryl/α,β-unsaturated/α-hetero) is 1. The second kappa shape index (κ2) is 9.43. The first-order valence-corrected chi connectivity index (χ1v) is 10.7. The van der Waals surface area contributed by atoms with Crippen LogP contribution in [0.15, 0.2) is 85.1 Å². The van der Waals surface area contributed by atoms with Gasteiger partial charge in [-0.15, -0.1) is 0 Å². The fraction of sp³-hybridized carbons (Fsp3) is 0.185. The Balaban J connectivity index is 1.59. The molecule has 0 fully saturated rings. The standard InChI is InChI=1S/C27H26N2O2/c1-2-22-14-9-15-23-24(19-29(25(22)23)18-21-12-7-4-8-13-21)26(30)27(31)28-17-16-20-10-5-3-6-11-20/h3-15,19H,2,16-18H2,1H3,(H,28,31). The summed E-state index contributed by atoms with van der Waals surface area (Å²) in [5, 5.41) is 3.62. The average Bonchev–Trinajstić information content (AvgIpc) is 3.18. The SMILES string of the molecule is CCc1cccc2c(C(=O)C(=O)NCCc3ccccc3)cn(Cc3ccccc3)c12. The Hall–Kier alpha value is -3.66. The van der Waals surface area contributed by atoms with Gasteiger partial charge >= 0.3 is 0 Å². The Morgan fingerprint density at radius 2 is 1.52 bits per heavy atom. The van der Waals surface area contributed by atoms with E-state index in [0.29, 0.717) is 25.1 Å². The van der Waals surface area contributed by atoms with E-state index in [1.54, 1.807) is 0 Å². The first-order chi connectivity index (χ1) is 15.2. The summed E-state index contributed by atoms with van der Waals surface area (Å²) in [6.45, 7) is 3.18. The van der Waals surface area contributed by atoms with Crippen LogP contribution in [0, 0.1) is 0 Å². The number of rotatable bonds is 8. The molecule has 0 aliphatic rings. The molecule has 4 nitrogen and oxygen atoms in total. The Morgan fingerprint density at radius 1 is 0.839 bits per heavy atom. The van der Waals surface area contributed by atoms with Crippen molar-refractivity contribution in [2.24, 2.45) is 0 Å². The quantitative estimate of drug-likeness (QED) is 0.335. The normalized spacial score (nSPS) is 10.9. The van der Waals surface area contributed by atoms with Crippen molar-refractivity contribution in [3.8, 4) is 0 Å². The third kappa shape index (κ3) is 4.58. The van der Waals surface area contributed by atoms with Crippen LogP contribution in [0.3, 0.4) is 0 Å². The van der Waals surface area contributed by atoms with Gasteiger partial charge in [-0.25, -0.2) is 0 Å². The van der Waals surface area contributed by atoms with Gasteiger partial charge in [0, 0.05) is 24.7 Å². The Morgan fingerprint density at radius 3 is 2.19 bits per heavy atom. The van der Waals surface area contributed by atoms with Crippen molar-refractivity contribution >= 4 is 22.6 Å². The highest BCUT2D eigenvalue weighted by Gasteiger charge is 2.22. The molecule has 3 aromatic carbocycles. The minimum Gasteiger partial charge on any atom is -0.349 e. The highest BCUT2D eigenvalue weighted by Crippen LogP contribution is 2.27. The molecular formula is C27H26N2O2. The van der Waals surface area contributed by atoms with Gasteiger partial charge in [0.1, 0.15) is 0 Å². The lowest BCUT2D eigenvalue weighted by molar-refractivity contribution is -0.116. The van der Waals surface area contributed by atoms with E-state index in [4.69, 9.17) is 0 Å². The van der Waals surface area contributed by atoms with E-state index < -0.39 is 11.7 Å². The summed E-state index contributed by atoms with van der Waals surface area (Å²) < 4.78 is 2.09. The summed E-state index contributed by atoms with van der Waals surface area (Å²) in [5.74, 6) is -1.05. The summed E-state index contributed by atoms with van der Waals surface area (Å²) in [4.78, 5) is 25.7. The van der Waals surface area contributed by atoms with Crippen molar-refractivity contribution in [3.63, 3.8) is 0 Å². The van der Waals surface area contributed by atoms with E-state index >= 15 is 0 Å². The highest BCUT2D eigenvalue weighted by molar-refractivity contribution is 6.45. The predicted molar refractivity (Wildman–Crippen MR) is 124 cm³/mol. The van der Waals surface area contributed by atoms with Crippen LogP contribution in [0.2, 0.25) is 0 Å². The van der Waals surface area contributed by atoms with E-state index in [1.807, 2.05) is 66.9 Å². The van der Waals surface area contributed by atoms with E-state index in [2.05, 4.69) is 35.0 Å². The first kappa shape index (κ1) is 20.6. The maximum absolute atomic E-state index is 13.0. The van der Waals surface area contributed by atoms with Gasteiger partial charge in [-0.3, -0.25) is 9.59 Å². The van der Waals surface area contributed by atoms with Crippen molar-refractivity contribution in [2.75, 3.05) is 6.54 Å². The van der Waals surface area contributed by atoms with E-state index in [1.165, 1.54) is 0 Å². The molecule has 1 aromatic heterocycles. The summed E-state index contributed by atoms with van der Waals surface area (Å²) in [6, 6.07) is 26.0. The summed E-state index contributed by atoms with van der Waals surface area (Å²) in [5.41, 5.74) is 4.92. The molecule has 0 spiro atoms. The summed E-state index contributed by atoms with van der Waals surface area (Å²) in [6.07, 6.45) is 3.37. The number of aryl methyl sites for hydroxylation is 1. The van der Waals surface area contributed by atoms with Crippen LogP contribution in [-0.4, -0.2) is 22.8 Å². The number of nitrogens with one attached hydrogen (secondary N) is 1. The molecule has 1 amide bonds. The monoisotopic (exact) mass is 410 g/mol. The topological polar surface area (TPSA) is 51.1 Å². The Kier molecular flexibility index (Phi) is 6.27. The van der Waals surface area contributed by atoms with Crippen molar-refractivity contribution < 1.29 is 9.59 Å². The first-order valence-electron chi connectivity index (χ1n) is 10.7. The molecule has 0 bridgehead atoms. The van der Waals surface area contributed by atoms with Gasteiger partial charge in [0.2, 0.25) is 0 Å². The molecular weight excluding hydrogens is 384 g/mol. The van der Waals surface area contributed by atoms with Crippen LogP contribution in [0.5, 0.6) is 0 Å². The largest absolute Gasteiger partial charge is 0.349 e. The number of fused-ring (bicyclic) bond motifs is 1. The maximum Gasteiger partial charge on any atom is 0.292 e. The number of para-hydroxylation sites is 1. The molecule has 31 heavy (non-hydrogen) atoms. The van der Waals surface area contributed by atoms with Crippen molar-refractivity contribution in [1.82, 2.24) is 9.88 Å². The molecule has 4 rings (SSSR count). The second-order valence-corrected chi connectivity index (χ2v) is 7.64. The zero-order chi connectivity index (χ0) is 21.6. The molecule has 4 heteroatoms. The molecule has 0 saturated carbocycles. The van der Waals surface area contributed by atoms with Gasteiger partial charge in [0.15, 0.2) is 0 Å². The molecule has 0 saturated heterocycles. The predicted octanol–water partition coefficient (Wildman–Crippen LogP) is 4.79. The second-order valence-electron chi connectivity index (χ2n) is 7.64. The maximum atomic E-state index is 13.0. The van der Waals surface area contributed by atoms with Crippen LogP contribution >= 0.6 is 0 Å². The van der Waals surface area contributed by atoms with Crippen LogP contribution in [0.1, 0.15) is 34.0 Å². The lowest BCUT2D eigenvalue weighted by Gasteiger charge is -2.08. The molecule has 0 aliphatic carbocycles. The number of nitrogens with zero attached hydrogens (tertiary/aromatic N) is 1. The number of carbonyl (C=O) groups excluding carboxylic acids is 2. The van der Waals surface area contributed by atoms with Crippen LogP contribution < -0.4 is 5.32 Å². The zero-order valence-corrected chi connectivity index (χ0v) is 17.7. The van der Waals surface area contributed by atoms with Gasteiger partial charge in [-0.2, -0.15) is 0 Å².